The van der Waals surface area contributed by atoms with Gasteiger partial charge in [-0.2, -0.15) is 0 Å². The Morgan fingerprint density at radius 2 is 2.22 bits per heavy atom. The third-order valence-electron chi connectivity index (χ3n) is 2.79. The first kappa shape index (κ1) is 12.9. The summed E-state index contributed by atoms with van der Waals surface area (Å²) in [7, 11) is 0. The van der Waals surface area contributed by atoms with E-state index in [1.54, 1.807) is 0 Å². The van der Waals surface area contributed by atoms with Gasteiger partial charge in [0.2, 0.25) is 5.91 Å². The average Bonchev–Trinajstić information content (AvgIpc) is 2.79. The Hall–Kier alpha value is -1.50. The van der Waals surface area contributed by atoms with Crippen molar-refractivity contribution in [1.82, 2.24) is 14.9 Å². The largest absolute Gasteiger partial charge is 0.383 e. The summed E-state index contributed by atoms with van der Waals surface area (Å²) in [6.45, 7) is 3.46. The molecule has 1 fully saturated rings. The normalized spacial score (nSPS) is 16.8. The molecule has 1 saturated heterocycles. The van der Waals surface area contributed by atoms with E-state index in [2.05, 4.69) is 9.97 Å². The van der Waals surface area contributed by atoms with Crippen molar-refractivity contribution in [2.45, 2.75) is 30.2 Å². The minimum Gasteiger partial charge on any atom is -0.383 e. The van der Waals surface area contributed by atoms with Gasteiger partial charge >= 0.3 is 0 Å². The number of nitrogens with two attached hydrogens (primary N) is 1. The number of H-pyrrole nitrogens is 1. The number of carbonyl (C=O) groups excluding carboxylic acids is 1. The molecule has 1 aromatic rings. The van der Waals surface area contributed by atoms with Gasteiger partial charge in [-0.25, -0.2) is 4.98 Å². The summed E-state index contributed by atoms with van der Waals surface area (Å²) in [5, 5.41) is 0.119. The molecule has 7 heteroatoms. The van der Waals surface area contributed by atoms with Crippen LogP contribution in [0.5, 0.6) is 0 Å². The highest BCUT2D eigenvalue weighted by molar-refractivity contribution is 8.00. The predicted molar refractivity (Wildman–Crippen MR) is 70.4 cm³/mol. The topological polar surface area (TPSA) is 92.1 Å². The highest BCUT2D eigenvalue weighted by Gasteiger charge is 2.24. The second-order valence-electron chi connectivity index (χ2n) is 4.27. The summed E-state index contributed by atoms with van der Waals surface area (Å²) in [4.78, 5) is 31.7. The molecule has 1 amide bonds. The number of nitrogens with zero attached hydrogens (tertiary/aromatic N) is 2. The van der Waals surface area contributed by atoms with Gasteiger partial charge in [-0.05, 0) is 19.8 Å². The molecule has 2 heterocycles. The van der Waals surface area contributed by atoms with E-state index < -0.39 is 0 Å². The van der Waals surface area contributed by atoms with Crippen molar-refractivity contribution >= 4 is 23.5 Å². The van der Waals surface area contributed by atoms with E-state index in [-0.39, 0.29) is 22.5 Å². The Morgan fingerprint density at radius 1 is 1.56 bits per heavy atom. The highest BCUT2D eigenvalue weighted by atomic mass is 32.2. The van der Waals surface area contributed by atoms with Crippen molar-refractivity contribution in [3.63, 3.8) is 0 Å². The summed E-state index contributed by atoms with van der Waals surface area (Å²) < 4.78 is 0. The maximum absolute atomic E-state index is 12.1. The first-order valence-corrected chi connectivity index (χ1v) is 6.76. The summed E-state index contributed by atoms with van der Waals surface area (Å²) in [5.41, 5.74) is 5.19. The number of anilines is 1. The quantitative estimate of drug-likeness (QED) is 0.613. The Balaban J connectivity index is 2.03. The number of hydrogen-bond acceptors (Lipinski definition) is 5. The van der Waals surface area contributed by atoms with E-state index in [1.165, 1.54) is 17.8 Å². The summed E-state index contributed by atoms with van der Waals surface area (Å²) in [6, 6.07) is 1.22. The molecule has 0 spiro atoms. The number of rotatable bonds is 3. The molecule has 1 aromatic heterocycles. The van der Waals surface area contributed by atoms with Crippen LogP contribution in [0.15, 0.2) is 16.0 Å². The SMILES string of the molecule is CC(Sc1nc(N)cc(=O)[nH]1)C(=O)N1CCCC1. The van der Waals surface area contributed by atoms with Crippen LogP contribution in [0.3, 0.4) is 0 Å². The third-order valence-corrected chi connectivity index (χ3v) is 3.77. The molecular formula is C11H16N4O2S. The van der Waals surface area contributed by atoms with Crippen LogP contribution >= 0.6 is 11.8 Å². The Kier molecular flexibility index (Phi) is 3.90. The number of thioether (sulfide) groups is 1. The monoisotopic (exact) mass is 268 g/mol. The van der Waals surface area contributed by atoms with Crippen molar-refractivity contribution in [2.24, 2.45) is 0 Å². The fraction of sp³-hybridized carbons (Fsp3) is 0.545. The fourth-order valence-electron chi connectivity index (χ4n) is 1.92. The van der Waals surface area contributed by atoms with Gasteiger partial charge in [-0.15, -0.1) is 0 Å². The zero-order valence-electron chi connectivity index (χ0n) is 10.2. The number of aromatic amines is 1. The first-order chi connectivity index (χ1) is 8.56. The lowest BCUT2D eigenvalue weighted by Crippen LogP contribution is -2.34. The molecule has 0 radical (unpaired) electrons. The summed E-state index contributed by atoms with van der Waals surface area (Å²) in [6.07, 6.45) is 2.13. The molecule has 1 aliphatic heterocycles. The molecule has 18 heavy (non-hydrogen) atoms. The molecule has 0 saturated carbocycles. The lowest BCUT2D eigenvalue weighted by molar-refractivity contribution is -0.129. The zero-order chi connectivity index (χ0) is 13.1. The maximum atomic E-state index is 12.1. The van der Waals surface area contributed by atoms with E-state index in [0.29, 0.717) is 5.16 Å². The molecule has 6 nitrogen and oxygen atoms in total. The van der Waals surface area contributed by atoms with Gasteiger partial charge in [-0.1, -0.05) is 11.8 Å². The number of likely N-dealkylation sites (tertiary alicyclic amines) is 1. The number of nitrogens with one attached hydrogen (secondary N) is 1. The molecule has 0 aromatic carbocycles. The van der Waals surface area contributed by atoms with Crippen LogP contribution in [0.25, 0.3) is 0 Å². The minimum absolute atomic E-state index is 0.0857. The number of hydrogen-bond donors (Lipinski definition) is 2. The number of nitrogen functional groups attached to an aromatic ring is 1. The van der Waals surface area contributed by atoms with Gasteiger partial charge in [0.1, 0.15) is 5.82 Å². The van der Waals surface area contributed by atoms with Crippen molar-refractivity contribution in [2.75, 3.05) is 18.8 Å². The van der Waals surface area contributed by atoms with Gasteiger partial charge in [0.25, 0.3) is 5.56 Å². The molecule has 2 rings (SSSR count). The summed E-state index contributed by atoms with van der Waals surface area (Å²) in [5.74, 6) is 0.254. The van der Waals surface area contributed by atoms with Crippen LogP contribution in [-0.4, -0.2) is 39.1 Å². The van der Waals surface area contributed by atoms with Crippen LogP contribution in [0.1, 0.15) is 19.8 Å². The second kappa shape index (κ2) is 5.43. The van der Waals surface area contributed by atoms with Crippen LogP contribution in [0.4, 0.5) is 5.82 Å². The van der Waals surface area contributed by atoms with Crippen molar-refractivity contribution in [3.8, 4) is 0 Å². The van der Waals surface area contributed by atoms with Crippen LogP contribution in [0.2, 0.25) is 0 Å². The molecule has 1 aliphatic rings. The Bertz CT molecular complexity index is 496. The van der Waals surface area contributed by atoms with Crippen LogP contribution in [-0.2, 0) is 4.79 Å². The van der Waals surface area contributed by atoms with Gasteiger partial charge in [0.15, 0.2) is 5.16 Å². The zero-order valence-corrected chi connectivity index (χ0v) is 11.0. The molecule has 3 N–H and O–H groups in total. The fourth-order valence-corrected chi connectivity index (χ4v) is 2.82. The number of aromatic nitrogens is 2. The number of amides is 1. The third kappa shape index (κ3) is 3.04. The molecular weight excluding hydrogens is 252 g/mol. The van der Waals surface area contributed by atoms with Gasteiger partial charge in [-0.3, -0.25) is 9.59 Å². The Morgan fingerprint density at radius 3 is 2.83 bits per heavy atom. The molecule has 98 valence electrons. The first-order valence-electron chi connectivity index (χ1n) is 5.88. The van der Waals surface area contributed by atoms with Crippen molar-refractivity contribution in [1.29, 1.82) is 0 Å². The second-order valence-corrected chi connectivity index (χ2v) is 5.60. The Labute approximate surface area is 109 Å². The van der Waals surface area contributed by atoms with E-state index in [4.69, 9.17) is 5.73 Å². The highest BCUT2D eigenvalue weighted by Crippen LogP contribution is 2.22. The van der Waals surface area contributed by atoms with Gasteiger partial charge < -0.3 is 15.6 Å². The predicted octanol–water partition coefficient (Wildman–Crippen LogP) is 0.455. The smallest absolute Gasteiger partial charge is 0.253 e. The number of carbonyl (C=O) groups is 1. The van der Waals surface area contributed by atoms with E-state index in [1.807, 2.05) is 11.8 Å². The van der Waals surface area contributed by atoms with Crippen molar-refractivity contribution < 1.29 is 4.79 Å². The van der Waals surface area contributed by atoms with Crippen molar-refractivity contribution in [3.05, 3.63) is 16.4 Å². The molecule has 0 aliphatic carbocycles. The molecule has 1 unspecified atom stereocenters. The van der Waals surface area contributed by atoms with Crippen LogP contribution in [0, 0.1) is 0 Å². The standard InChI is InChI=1S/C11H16N4O2S/c1-7(10(17)15-4-2-3-5-15)18-11-13-8(12)6-9(16)14-11/h6-7H,2-5H2,1H3,(H3,12,13,14,16). The average molecular weight is 268 g/mol. The molecule has 1 atom stereocenters. The van der Waals surface area contributed by atoms with Crippen LogP contribution < -0.4 is 11.3 Å². The lowest BCUT2D eigenvalue weighted by Gasteiger charge is -2.19. The lowest BCUT2D eigenvalue weighted by atomic mass is 10.4. The van der Waals surface area contributed by atoms with E-state index in [9.17, 15) is 9.59 Å². The maximum Gasteiger partial charge on any atom is 0.253 e. The van der Waals surface area contributed by atoms with E-state index >= 15 is 0 Å². The van der Waals surface area contributed by atoms with Gasteiger partial charge in [0, 0.05) is 19.2 Å². The van der Waals surface area contributed by atoms with Gasteiger partial charge in [0.05, 0.1) is 5.25 Å². The minimum atomic E-state index is -0.300. The molecule has 0 bridgehead atoms. The van der Waals surface area contributed by atoms with E-state index in [0.717, 1.165) is 25.9 Å². The summed E-state index contributed by atoms with van der Waals surface area (Å²) >= 11 is 1.23.